The molecule has 0 spiro atoms. The number of rotatable bonds is 8. The monoisotopic (exact) mass is 349 g/mol. The molecule has 1 aromatic carbocycles. The van der Waals surface area contributed by atoms with Gasteiger partial charge in [-0.1, -0.05) is 71.0 Å². The van der Waals surface area contributed by atoms with Crippen LogP contribution < -0.4 is 16.4 Å². The molecule has 4 N–H and O–H groups in total. The number of hydrogen-bond donors (Lipinski definition) is 3. The van der Waals surface area contributed by atoms with Crippen LogP contribution in [-0.2, 0) is 16.1 Å². The molecule has 6 nitrogen and oxygen atoms in total. The van der Waals surface area contributed by atoms with Crippen LogP contribution in [0.5, 0.6) is 0 Å². The molecule has 25 heavy (non-hydrogen) atoms. The second-order valence-corrected chi connectivity index (χ2v) is 5.98. The molecule has 0 saturated carbocycles. The average molecular weight is 349 g/mol. The molecular weight excluding hydrogens is 318 g/mol. The fraction of sp³-hybridized carbons (Fsp3) is 0.474. The first-order valence-corrected chi connectivity index (χ1v) is 8.49. The largest absolute Gasteiger partial charge is 0.445 e. The molecule has 1 atom stereocenters. The minimum atomic E-state index is -0.537. The molecule has 0 radical (unpaired) electrons. The molecule has 0 bridgehead atoms. The van der Waals surface area contributed by atoms with Crippen molar-refractivity contribution in [1.82, 2.24) is 10.6 Å². The predicted octanol–water partition coefficient (Wildman–Crippen LogP) is 2.94. The molecular formula is C19H31N3O3. The maximum Gasteiger partial charge on any atom is 0.408 e. The topological polar surface area (TPSA) is 93.5 Å². The molecule has 2 amide bonds. The average Bonchev–Trinajstić information content (AvgIpc) is 2.57. The number of primary amides is 1. The summed E-state index contributed by atoms with van der Waals surface area (Å²) in [5.74, 6) is -0.410. The number of carbonyl (C=O) groups is 2. The summed E-state index contributed by atoms with van der Waals surface area (Å²) < 4.78 is 5.17. The molecule has 1 unspecified atom stereocenters. The first kappa shape index (κ1) is 22.5. The summed E-state index contributed by atoms with van der Waals surface area (Å²) in [6, 6.07) is 9.04. The van der Waals surface area contributed by atoms with E-state index in [9.17, 15) is 9.59 Å². The van der Waals surface area contributed by atoms with E-state index in [1.807, 2.05) is 44.2 Å². The fourth-order valence-corrected chi connectivity index (χ4v) is 1.86. The molecule has 1 rings (SSSR count). The lowest BCUT2D eigenvalue weighted by Gasteiger charge is -2.24. The Balaban J connectivity index is 0.00000178. The van der Waals surface area contributed by atoms with Gasteiger partial charge in [0.1, 0.15) is 6.61 Å². The third kappa shape index (κ3) is 10.8. The van der Waals surface area contributed by atoms with Crippen LogP contribution >= 0.6 is 0 Å². The first-order chi connectivity index (χ1) is 11.8. The third-order valence-corrected chi connectivity index (χ3v) is 3.02. The van der Waals surface area contributed by atoms with Crippen molar-refractivity contribution in [2.75, 3.05) is 6.54 Å². The van der Waals surface area contributed by atoms with Crippen molar-refractivity contribution in [3.05, 3.63) is 48.2 Å². The second kappa shape index (κ2) is 12.9. The van der Waals surface area contributed by atoms with Gasteiger partial charge in [0.2, 0.25) is 5.91 Å². The number of carbonyl (C=O) groups excluding carboxylic acids is 2. The van der Waals surface area contributed by atoms with E-state index in [2.05, 4.69) is 31.1 Å². The molecule has 0 aliphatic heterocycles. The van der Waals surface area contributed by atoms with E-state index in [0.717, 1.165) is 5.56 Å². The normalized spacial score (nSPS) is 10.9. The van der Waals surface area contributed by atoms with E-state index in [1.165, 1.54) is 6.42 Å². The van der Waals surface area contributed by atoms with E-state index in [4.69, 9.17) is 10.5 Å². The summed E-state index contributed by atoms with van der Waals surface area (Å²) >= 11 is 0. The first-order valence-electron chi connectivity index (χ1n) is 8.49. The smallest absolute Gasteiger partial charge is 0.408 e. The van der Waals surface area contributed by atoms with E-state index in [0.29, 0.717) is 5.70 Å². The SMILES string of the molecule is C=C(NCC(N)=O)C(NC(=O)OCc1ccccc1)C(C)C.CCC. The molecule has 0 aliphatic carbocycles. The third-order valence-electron chi connectivity index (χ3n) is 3.02. The van der Waals surface area contributed by atoms with Crippen LogP contribution in [0.1, 0.15) is 39.7 Å². The van der Waals surface area contributed by atoms with Crippen molar-refractivity contribution in [3.8, 4) is 0 Å². The van der Waals surface area contributed by atoms with Gasteiger partial charge in [-0.05, 0) is 11.5 Å². The number of ether oxygens (including phenoxy) is 1. The van der Waals surface area contributed by atoms with Crippen LogP contribution in [0, 0.1) is 5.92 Å². The molecule has 6 heteroatoms. The predicted molar refractivity (Wildman–Crippen MR) is 101 cm³/mol. The zero-order valence-electron chi connectivity index (χ0n) is 15.7. The van der Waals surface area contributed by atoms with Crippen molar-refractivity contribution in [3.63, 3.8) is 0 Å². The minimum absolute atomic E-state index is 0.0250. The lowest BCUT2D eigenvalue weighted by molar-refractivity contribution is -0.117. The van der Waals surface area contributed by atoms with Crippen LogP contribution in [0.25, 0.3) is 0 Å². The highest BCUT2D eigenvalue weighted by Gasteiger charge is 2.20. The maximum atomic E-state index is 11.9. The molecule has 0 saturated heterocycles. The Morgan fingerprint density at radius 1 is 1.20 bits per heavy atom. The lowest BCUT2D eigenvalue weighted by Crippen LogP contribution is -2.44. The number of alkyl carbamates (subject to hydrolysis) is 1. The molecule has 140 valence electrons. The van der Waals surface area contributed by atoms with Crippen molar-refractivity contribution < 1.29 is 14.3 Å². The fourth-order valence-electron chi connectivity index (χ4n) is 1.86. The van der Waals surface area contributed by atoms with Crippen LogP contribution in [0.2, 0.25) is 0 Å². The van der Waals surface area contributed by atoms with Crippen LogP contribution in [-0.4, -0.2) is 24.6 Å². The van der Waals surface area contributed by atoms with Gasteiger partial charge < -0.3 is 21.1 Å². The zero-order valence-corrected chi connectivity index (χ0v) is 15.7. The van der Waals surface area contributed by atoms with E-state index in [1.54, 1.807) is 0 Å². The Morgan fingerprint density at radius 3 is 2.24 bits per heavy atom. The van der Waals surface area contributed by atoms with Gasteiger partial charge in [0.25, 0.3) is 0 Å². The van der Waals surface area contributed by atoms with Crippen LogP contribution in [0.3, 0.4) is 0 Å². The summed E-state index contributed by atoms with van der Waals surface area (Å²) in [5.41, 5.74) is 6.50. The minimum Gasteiger partial charge on any atom is -0.445 e. The van der Waals surface area contributed by atoms with Crippen molar-refractivity contribution in [2.24, 2.45) is 11.7 Å². The summed E-state index contributed by atoms with van der Waals surface area (Å²) in [4.78, 5) is 22.7. The van der Waals surface area contributed by atoms with Gasteiger partial charge in [0.15, 0.2) is 0 Å². The quantitative estimate of drug-likeness (QED) is 0.672. The lowest BCUT2D eigenvalue weighted by atomic mass is 10.0. The highest BCUT2D eigenvalue weighted by atomic mass is 16.5. The summed E-state index contributed by atoms with van der Waals surface area (Å²) in [5, 5.41) is 5.54. The summed E-state index contributed by atoms with van der Waals surface area (Å²) in [6.07, 6.45) is 0.713. The Labute approximate surface area is 150 Å². The van der Waals surface area contributed by atoms with E-state index in [-0.39, 0.29) is 25.1 Å². The Kier molecular flexibility index (Phi) is 11.6. The second-order valence-electron chi connectivity index (χ2n) is 5.98. The van der Waals surface area contributed by atoms with Crippen molar-refractivity contribution in [2.45, 2.75) is 46.8 Å². The van der Waals surface area contributed by atoms with E-state index >= 15 is 0 Å². The molecule has 0 heterocycles. The van der Waals surface area contributed by atoms with Crippen molar-refractivity contribution in [1.29, 1.82) is 0 Å². The summed E-state index contributed by atoms with van der Waals surface area (Å²) in [6.45, 7) is 12.1. The van der Waals surface area contributed by atoms with Gasteiger partial charge in [-0.3, -0.25) is 4.79 Å². The molecule has 0 aliphatic rings. The van der Waals surface area contributed by atoms with Crippen molar-refractivity contribution >= 4 is 12.0 Å². The number of benzene rings is 1. The van der Waals surface area contributed by atoms with Gasteiger partial charge in [-0.15, -0.1) is 0 Å². The highest BCUT2D eigenvalue weighted by molar-refractivity contribution is 5.76. The summed E-state index contributed by atoms with van der Waals surface area (Å²) in [7, 11) is 0. The Morgan fingerprint density at radius 2 is 1.76 bits per heavy atom. The standard InChI is InChI=1S/C16H23N3O3.C3H8/c1-11(2)15(12(3)18-9-14(17)20)19-16(21)22-10-13-7-5-4-6-8-13;1-3-2/h4-8,11,15,18H,3,9-10H2,1-2H3,(H2,17,20)(H,19,21);3H2,1-2H3. The molecule has 0 aromatic heterocycles. The van der Waals surface area contributed by atoms with Gasteiger partial charge in [-0.25, -0.2) is 4.79 Å². The van der Waals surface area contributed by atoms with Gasteiger partial charge in [-0.2, -0.15) is 0 Å². The number of nitrogens with one attached hydrogen (secondary N) is 2. The van der Waals surface area contributed by atoms with Gasteiger partial charge in [0.05, 0.1) is 12.6 Å². The molecule has 1 aromatic rings. The van der Waals surface area contributed by atoms with Crippen LogP contribution in [0.15, 0.2) is 42.6 Å². The maximum absolute atomic E-state index is 11.9. The number of hydrogen-bond acceptors (Lipinski definition) is 4. The van der Waals surface area contributed by atoms with Crippen LogP contribution in [0.4, 0.5) is 4.79 Å². The van der Waals surface area contributed by atoms with E-state index < -0.39 is 12.0 Å². The number of amides is 2. The van der Waals surface area contributed by atoms with Gasteiger partial charge >= 0.3 is 6.09 Å². The Hall–Kier alpha value is -2.50. The Bertz CT molecular complexity index is 530. The molecule has 0 fully saturated rings. The highest BCUT2D eigenvalue weighted by Crippen LogP contribution is 2.09. The number of nitrogens with two attached hydrogens (primary N) is 1. The zero-order chi connectivity index (χ0) is 19.2. The van der Waals surface area contributed by atoms with Gasteiger partial charge in [0, 0.05) is 5.70 Å².